The van der Waals surface area contributed by atoms with Crippen LogP contribution in [-0.2, 0) is 29.0 Å². The van der Waals surface area contributed by atoms with Crippen molar-refractivity contribution in [3.63, 3.8) is 0 Å². The van der Waals surface area contributed by atoms with E-state index >= 15 is 0 Å². The molecule has 92 valence electrons. The zero-order chi connectivity index (χ0) is 13.1. The van der Waals surface area contributed by atoms with Crippen LogP contribution in [0.25, 0.3) is 10.8 Å². The average molecular weight is 306 g/mol. The van der Waals surface area contributed by atoms with E-state index in [-0.39, 0.29) is 25.1 Å². The number of carbonyl (C=O) groups is 2. The molecule has 2 aromatic carbocycles. The van der Waals surface area contributed by atoms with E-state index < -0.39 is 11.9 Å². The molecule has 0 bridgehead atoms. The molecule has 0 saturated carbocycles. The van der Waals surface area contributed by atoms with Crippen LogP contribution in [0.4, 0.5) is 0 Å². The Labute approximate surface area is 124 Å². The third-order valence-corrected chi connectivity index (χ3v) is 2.54. The fraction of sp³-hybridized carbons (Fsp3) is 0.0667. The molecule has 0 atom stereocenters. The minimum Gasteiger partial charge on any atom is -0.386 e. The number of ether oxygens (including phenoxy) is 1. The average Bonchev–Trinajstić information content (AvgIpc) is 2.37. The predicted molar refractivity (Wildman–Crippen MR) is 69.2 cm³/mol. The molecule has 0 aliphatic rings. The van der Waals surface area contributed by atoms with Gasteiger partial charge < -0.3 is 4.74 Å². The third kappa shape index (κ3) is 3.36. The molecule has 4 heteroatoms. The summed E-state index contributed by atoms with van der Waals surface area (Å²) in [7, 11) is 0. The van der Waals surface area contributed by atoms with Crippen LogP contribution in [0.15, 0.2) is 54.6 Å². The Balaban J connectivity index is 0.00000180. The van der Waals surface area contributed by atoms with Crippen LogP contribution in [0.3, 0.4) is 0 Å². The van der Waals surface area contributed by atoms with E-state index in [2.05, 4.69) is 6.58 Å². The van der Waals surface area contributed by atoms with Crippen molar-refractivity contribution in [1.82, 2.24) is 0 Å². The molecule has 0 fully saturated rings. The van der Waals surface area contributed by atoms with Crippen molar-refractivity contribution in [3.8, 4) is 0 Å². The summed E-state index contributed by atoms with van der Waals surface area (Å²) in [5.41, 5.74) is 0.575. The van der Waals surface area contributed by atoms with Gasteiger partial charge in [-0.1, -0.05) is 43.0 Å². The molecule has 2 rings (SSSR count). The number of esters is 2. The first kappa shape index (κ1) is 15.3. The van der Waals surface area contributed by atoms with Gasteiger partial charge in [0.1, 0.15) is 0 Å². The maximum Gasteiger partial charge on any atom is 0.346 e. The number of fused-ring (bicyclic) bond motifs is 1. The summed E-state index contributed by atoms with van der Waals surface area (Å²) in [6.45, 7) is 4.94. The molecule has 0 spiro atoms. The minimum atomic E-state index is -0.701. The monoisotopic (exact) mass is 304 g/mol. The van der Waals surface area contributed by atoms with Gasteiger partial charge in [0.2, 0.25) is 0 Å². The van der Waals surface area contributed by atoms with Crippen molar-refractivity contribution in [2.75, 3.05) is 0 Å². The largest absolute Gasteiger partial charge is 0.386 e. The zero-order valence-corrected chi connectivity index (χ0v) is 13.6. The number of carbonyl (C=O) groups excluding carboxylic acids is 2. The van der Waals surface area contributed by atoms with Gasteiger partial charge in [-0.05, 0) is 23.8 Å². The molecule has 0 unspecified atom stereocenters. The Morgan fingerprint density at radius 1 is 1.05 bits per heavy atom. The number of hydrogen-bond donors (Lipinski definition) is 0. The van der Waals surface area contributed by atoms with Crippen molar-refractivity contribution in [2.45, 2.75) is 6.92 Å². The molecule has 0 aliphatic heterocycles. The number of rotatable bonds is 2. The van der Waals surface area contributed by atoms with Crippen molar-refractivity contribution >= 4 is 22.7 Å². The molecule has 0 amide bonds. The smallest absolute Gasteiger partial charge is 0.346 e. The van der Waals surface area contributed by atoms with Gasteiger partial charge in [0.25, 0.3) is 0 Å². The van der Waals surface area contributed by atoms with Gasteiger partial charge in [0.15, 0.2) is 0 Å². The molecule has 2 aromatic rings. The van der Waals surface area contributed by atoms with Gasteiger partial charge in [0.05, 0.1) is 5.56 Å². The Kier molecular flexibility index (Phi) is 5.14. The minimum absolute atomic E-state index is 0. The van der Waals surface area contributed by atoms with Gasteiger partial charge in [-0.3, -0.25) is 0 Å². The van der Waals surface area contributed by atoms with Gasteiger partial charge in [-0.2, -0.15) is 0 Å². The van der Waals surface area contributed by atoms with Gasteiger partial charge in [-0.25, -0.2) is 9.59 Å². The summed E-state index contributed by atoms with van der Waals surface area (Å²) in [5.74, 6) is -1.35. The van der Waals surface area contributed by atoms with Crippen LogP contribution < -0.4 is 0 Å². The second-order valence-electron chi connectivity index (χ2n) is 3.98. The van der Waals surface area contributed by atoms with E-state index in [1.54, 1.807) is 12.1 Å². The third-order valence-electron chi connectivity index (χ3n) is 2.54. The summed E-state index contributed by atoms with van der Waals surface area (Å²) < 4.78 is 4.73. The zero-order valence-electron chi connectivity index (χ0n) is 10.7. The second-order valence-corrected chi connectivity index (χ2v) is 3.98. The molecule has 0 aromatic heterocycles. The first-order valence-electron chi connectivity index (χ1n) is 5.49. The van der Waals surface area contributed by atoms with Crippen LogP contribution in [0.5, 0.6) is 0 Å². The predicted octanol–water partition coefficient (Wildman–Crippen LogP) is 3.10. The van der Waals surface area contributed by atoms with E-state index in [4.69, 9.17) is 4.74 Å². The molecule has 0 saturated heterocycles. The van der Waals surface area contributed by atoms with Gasteiger partial charge in [-0.15, -0.1) is 0 Å². The Hall–Kier alpha value is -1.80. The molecule has 3 nitrogen and oxygen atoms in total. The first-order valence-corrected chi connectivity index (χ1v) is 5.49. The number of benzene rings is 2. The maximum absolute atomic E-state index is 11.9. The molecule has 0 heterocycles. The molecular formula is C15H12O3Zn. The summed E-state index contributed by atoms with van der Waals surface area (Å²) in [6, 6.07) is 12.7. The number of hydrogen-bond acceptors (Lipinski definition) is 3. The molecule has 0 radical (unpaired) electrons. The van der Waals surface area contributed by atoms with Crippen LogP contribution in [0.2, 0.25) is 0 Å². The summed E-state index contributed by atoms with van der Waals surface area (Å²) in [4.78, 5) is 23.2. The van der Waals surface area contributed by atoms with Crippen molar-refractivity contribution in [1.29, 1.82) is 0 Å². The quantitative estimate of drug-likeness (QED) is 0.371. The molecule has 0 N–H and O–H groups in total. The van der Waals surface area contributed by atoms with Crippen LogP contribution in [0, 0.1) is 0 Å². The van der Waals surface area contributed by atoms with Crippen molar-refractivity contribution < 1.29 is 33.8 Å². The van der Waals surface area contributed by atoms with Crippen LogP contribution in [-0.4, -0.2) is 11.9 Å². The van der Waals surface area contributed by atoms with Crippen LogP contribution >= 0.6 is 0 Å². The van der Waals surface area contributed by atoms with E-state index in [0.29, 0.717) is 5.56 Å². The second kappa shape index (κ2) is 6.39. The van der Waals surface area contributed by atoms with Gasteiger partial charge >= 0.3 is 11.9 Å². The Morgan fingerprint density at radius 2 is 1.68 bits per heavy atom. The normalized spacial score (nSPS) is 9.53. The van der Waals surface area contributed by atoms with Crippen LogP contribution in [0.1, 0.15) is 17.3 Å². The standard InChI is InChI=1S/C15H12O3.Zn/c1-10(2)14(16)18-15(17)13-9-5-7-11-6-3-4-8-12(11)13;/h3-9H,1H2,2H3;. The maximum atomic E-state index is 11.9. The van der Waals surface area contributed by atoms with E-state index in [1.165, 1.54) is 6.92 Å². The molecular weight excluding hydrogens is 294 g/mol. The molecule has 0 aliphatic carbocycles. The van der Waals surface area contributed by atoms with Gasteiger partial charge in [0, 0.05) is 25.1 Å². The topological polar surface area (TPSA) is 43.4 Å². The first-order chi connectivity index (χ1) is 8.59. The van der Waals surface area contributed by atoms with Crippen molar-refractivity contribution in [3.05, 3.63) is 60.2 Å². The Bertz CT molecular complexity index is 641. The fourth-order valence-electron chi connectivity index (χ4n) is 1.63. The van der Waals surface area contributed by atoms with E-state index in [1.807, 2.05) is 30.3 Å². The SMILES string of the molecule is C=C(C)C(=O)OC(=O)c1cccc2ccccc12.[Zn]. The Morgan fingerprint density at radius 3 is 2.37 bits per heavy atom. The van der Waals surface area contributed by atoms with E-state index in [0.717, 1.165) is 10.8 Å². The fourth-order valence-corrected chi connectivity index (χ4v) is 1.63. The summed E-state index contributed by atoms with van der Waals surface area (Å²) in [6.07, 6.45) is 0. The van der Waals surface area contributed by atoms with E-state index in [9.17, 15) is 9.59 Å². The summed E-state index contributed by atoms with van der Waals surface area (Å²) in [5, 5.41) is 1.69. The summed E-state index contributed by atoms with van der Waals surface area (Å²) >= 11 is 0. The van der Waals surface area contributed by atoms with Crippen molar-refractivity contribution in [2.24, 2.45) is 0 Å². The molecule has 19 heavy (non-hydrogen) atoms.